The zero-order valence-corrected chi connectivity index (χ0v) is 19.4. The highest BCUT2D eigenvalue weighted by Gasteiger charge is 2.56. The smallest absolute Gasteiger partial charge is 0.209 e. The number of nitrogens with two attached hydrogens (primary N) is 1. The molecule has 4 rings (SSSR count). The molecular weight excluding hydrogens is 410 g/mol. The predicted molar refractivity (Wildman–Crippen MR) is 123 cm³/mol. The maximum atomic E-state index is 11.0. The summed E-state index contributed by atoms with van der Waals surface area (Å²) in [6.07, 6.45) is 12.7. The molecule has 1 aromatic carbocycles. The van der Waals surface area contributed by atoms with Crippen molar-refractivity contribution in [2.75, 3.05) is 5.75 Å². The highest BCUT2D eigenvalue weighted by molar-refractivity contribution is 7.89. The highest BCUT2D eigenvalue weighted by atomic mass is 32.2. The standard InChI is InChI=1S/C25H37NO4S/c1-25-13-12-21-20-9-8-19(27)16-18(20)15-17(24(21)22(25)10-11-23(25)28)7-5-3-2-4-6-14-31(26,29)30/h2-3,8-9,16-17,21-24,27-28H,4-7,10-15H2,1H3,(H2,26,29,30)/t17-,21?,22?,23-,24?,25-/m0/s1. The maximum absolute atomic E-state index is 11.0. The van der Waals surface area contributed by atoms with Crippen molar-refractivity contribution in [2.45, 2.75) is 76.7 Å². The first-order valence-electron chi connectivity index (χ1n) is 11.8. The molecule has 3 aliphatic carbocycles. The van der Waals surface area contributed by atoms with Gasteiger partial charge >= 0.3 is 0 Å². The highest BCUT2D eigenvalue weighted by Crippen LogP contribution is 2.62. The van der Waals surface area contributed by atoms with Crippen molar-refractivity contribution in [2.24, 2.45) is 28.3 Å². The zero-order valence-electron chi connectivity index (χ0n) is 18.5. The van der Waals surface area contributed by atoms with Crippen molar-refractivity contribution in [3.05, 3.63) is 41.5 Å². The van der Waals surface area contributed by atoms with E-state index in [-0.39, 0.29) is 17.3 Å². The first-order chi connectivity index (χ1) is 14.7. The Morgan fingerprint density at radius 1 is 1.19 bits per heavy atom. The van der Waals surface area contributed by atoms with Crippen LogP contribution >= 0.6 is 0 Å². The normalized spacial score (nSPS) is 35.0. The average Bonchev–Trinajstić information content (AvgIpc) is 3.00. The topological polar surface area (TPSA) is 101 Å². The number of sulfonamides is 1. The number of hydrogen-bond acceptors (Lipinski definition) is 4. The molecule has 0 aromatic heterocycles. The first kappa shape index (κ1) is 22.8. The van der Waals surface area contributed by atoms with Crippen LogP contribution in [-0.2, 0) is 16.4 Å². The van der Waals surface area contributed by atoms with Gasteiger partial charge in [0.05, 0.1) is 11.9 Å². The summed E-state index contributed by atoms with van der Waals surface area (Å²) < 4.78 is 22.1. The van der Waals surface area contributed by atoms with Gasteiger partial charge in [0.2, 0.25) is 10.0 Å². The molecule has 6 atom stereocenters. The van der Waals surface area contributed by atoms with Gasteiger partial charge in [-0.25, -0.2) is 13.6 Å². The molecule has 5 nitrogen and oxygen atoms in total. The summed E-state index contributed by atoms with van der Waals surface area (Å²) in [5.41, 5.74) is 2.75. The van der Waals surface area contributed by atoms with Gasteiger partial charge in [-0.2, -0.15) is 0 Å². The van der Waals surface area contributed by atoms with Gasteiger partial charge in [0.15, 0.2) is 0 Å². The van der Waals surface area contributed by atoms with E-state index in [1.165, 1.54) is 11.1 Å². The summed E-state index contributed by atoms with van der Waals surface area (Å²) in [4.78, 5) is 0. The summed E-state index contributed by atoms with van der Waals surface area (Å²) in [6.45, 7) is 2.31. The van der Waals surface area contributed by atoms with Gasteiger partial charge in [0, 0.05) is 0 Å². The fourth-order valence-corrected chi connectivity index (χ4v) is 7.55. The summed E-state index contributed by atoms with van der Waals surface area (Å²) >= 11 is 0. The van der Waals surface area contributed by atoms with Crippen LogP contribution < -0.4 is 5.14 Å². The first-order valence-corrected chi connectivity index (χ1v) is 13.6. The van der Waals surface area contributed by atoms with Crippen molar-refractivity contribution in [1.29, 1.82) is 0 Å². The molecular formula is C25H37NO4S. The molecule has 3 unspecified atom stereocenters. The number of allylic oxidation sites excluding steroid dienone is 2. The lowest BCUT2D eigenvalue weighted by atomic mass is 9.52. The molecule has 2 saturated carbocycles. The number of benzene rings is 1. The fraction of sp³-hybridized carbons (Fsp3) is 0.680. The van der Waals surface area contributed by atoms with Crippen LogP contribution in [0.15, 0.2) is 30.4 Å². The number of phenolic OH excluding ortho intramolecular Hbond substituents is 1. The summed E-state index contributed by atoms with van der Waals surface area (Å²) in [7, 11) is -3.37. The van der Waals surface area contributed by atoms with Crippen LogP contribution in [0.3, 0.4) is 0 Å². The average molecular weight is 448 g/mol. The van der Waals surface area contributed by atoms with E-state index in [9.17, 15) is 18.6 Å². The Hall–Kier alpha value is -1.37. The van der Waals surface area contributed by atoms with Gasteiger partial charge in [-0.3, -0.25) is 0 Å². The second kappa shape index (κ2) is 8.87. The van der Waals surface area contributed by atoms with E-state index in [0.29, 0.717) is 35.8 Å². The van der Waals surface area contributed by atoms with E-state index >= 15 is 0 Å². The molecule has 172 valence electrons. The molecule has 2 fully saturated rings. The molecule has 0 amide bonds. The lowest BCUT2D eigenvalue weighted by Gasteiger charge is -2.53. The van der Waals surface area contributed by atoms with Crippen LogP contribution in [-0.4, -0.2) is 30.5 Å². The third-order valence-electron chi connectivity index (χ3n) is 8.51. The SMILES string of the molecule is C[C@]12CCC3c4ccc(O)cc4C[C@H](CCC=CCCCS(N)(=O)=O)C3C1CC[C@@H]2O. The number of rotatable bonds is 7. The third kappa shape index (κ3) is 4.71. The molecule has 3 aliphatic rings. The van der Waals surface area contributed by atoms with Gasteiger partial charge in [0.1, 0.15) is 5.75 Å². The number of aromatic hydroxyl groups is 1. The van der Waals surface area contributed by atoms with Gasteiger partial charge in [-0.1, -0.05) is 25.1 Å². The number of aliphatic hydroxyl groups is 1. The minimum Gasteiger partial charge on any atom is -0.508 e. The molecule has 0 spiro atoms. The molecule has 0 heterocycles. The predicted octanol–water partition coefficient (Wildman–Crippen LogP) is 4.24. The Balaban J connectivity index is 1.48. The second-order valence-corrected chi connectivity index (χ2v) is 12.1. The van der Waals surface area contributed by atoms with Crippen LogP contribution in [0, 0.1) is 23.2 Å². The zero-order chi connectivity index (χ0) is 22.2. The number of hydrogen-bond donors (Lipinski definition) is 3. The van der Waals surface area contributed by atoms with E-state index in [2.05, 4.69) is 25.1 Å². The van der Waals surface area contributed by atoms with Crippen molar-refractivity contribution in [3.63, 3.8) is 0 Å². The minimum absolute atomic E-state index is 0.0343. The van der Waals surface area contributed by atoms with E-state index in [1.54, 1.807) is 0 Å². The number of aliphatic hydroxyl groups excluding tert-OH is 1. The summed E-state index contributed by atoms with van der Waals surface area (Å²) in [6, 6.07) is 5.93. The van der Waals surface area contributed by atoms with E-state index in [1.807, 2.05) is 12.1 Å². The van der Waals surface area contributed by atoms with Crippen LogP contribution in [0.25, 0.3) is 0 Å². The molecule has 0 aliphatic heterocycles. The van der Waals surface area contributed by atoms with Crippen molar-refractivity contribution >= 4 is 10.0 Å². The Morgan fingerprint density at radius 2 is 1.97 bits per heavy atom. The van der Waals surface area contributed by atoms with Gasteiger partial charge in [0.25, 0.3) is 0 Å². The van der Waals surface area contributed by atoms with E-state index in [0.717, 1.165) is 51.4 Å². The molecule has 0 radical (unpaired) electrons. The molecule has 0 saturated heterocycles. The number of phenols is 1. The van der Waals surface area contributed by atoms with E-state index < -0.39 is 10.0 Å². The van der Waals surface area contributed by atoms with Crippen molar-refractivity contribution < 1.29 is 18.6 Å². The van der Waals surface area contributed by atoms with E-state index in [4.69, 9.17) is 5.14 Å². The summed E-state index contributed by atoms with van der Waals surface area (Å²) in [5, 5.41) is 25.9. The molecule has 31 heavy (non-hydrogen) atoms. The third-order valence-corrected chi connectivity index (χ3v) is 9.36. The Kier molecular flexibility index (Phi) is 6.53. The number of fused-ring (bicyclic) bond motifs is 5. The molecule has 1 aromatic rings. The van der Waals surface area contributed by atoms with Crippen LogP contribution in [0.5, 0.6) is 5.75 Å². The van der Waals surface area contributed by atoms with Crippen LogP contribution in [0.4, 0.5) is 0 Å². The minimum atomic E-state index is -3.37. The summed E-state index contributed by atoms with van der Waals surface area (Å²) in [5.74, 6) is 2.60. The molecule has 6 heteroatoms. The largest absolute Gasteiger partial charge is 0.508 e. The second-order valence-electron chi connectivity index (χ2n) is 10.3. The maximum Gasteiger partial charge on any atom is 0.209 e. The fourth-order valence-electron chi connectivity index (χ4n) is 6.98. The molecule has 0 bridgehead atoms. The lowest BCUT2D eigenvalue weighted by molar-refractivity contribution is -0.0391. The Morgan fingerprint density at radius 3 is 2.74 bits per heavy atom. The number of primary sulfonamides is 1. The van der Waals surface area contributed by atoms with Crippen LogP contribution in [0.1, 0.15) is 75.3 Å². The monoisotopic (exact) mass is 447 g/mol. The van der Waals surface area contributed by atoms with Gasteiger partial charge in [-0.15, -0.1) is 0 Å². The molecule has 4 N–H and O–H groups in total. The van der Waals surface area contributed by atoms with Gasteiger partial charge in [-0.05, 0) is 110 Å². The quantitative estimate of drug-likeness (QED) is 0.430. The Bertz CT molecular complexity index is 927. The van der Waals surface area contributed by atoms with Crippen molar-refractivity contribution in [3.8, 4) is 5.75 Å². The van der Waals surface area contributed by atoms with Crippen molar-refractivity contribution in [1.82, 2.24) is 0 Å². The van der Waals surface area contributed by atoms with Crippen LogP contribution in [0.2, 0.25) is 0 Å². The lowest BCUT2D eigenvalue weighted by Crippen LogP contribution is -2.47. The number of unbranched alkanes of at least 4 members (excludes halogenated alkanes) is 1. The Labute approximate surface area is 186 Å². The van der Waals surface area contributed by atoms with Gasteiger partial charge < -0.3 is 10.2 Å².